The smallest absolute Gasteiger partial charge is 0.0948 e. The largest absolute Gasteiger partial charge is 0.383 e. The van der Waals surface area contributed by atoms with Gasteiger partial charge in [0.2, 0.25) is 0 Å². The van der Waals surface area contributed by atoms with Crippen LogP contribution < -0.4 is 5.32 Å². The lowest BCUT2D eigenvalue weighted by atomic mass is 10.00. The summed E-state index contributed by atoms with van der Waals surface area (Å²) < 4.78 is 7.34. The van der Waals surface area contributed by atoms with Crippen LogP contribution in [0.3, 0.4) is 0 Å². The zero-order chi connectivity index (χ0) is 12.1. The third-order valence-electron chi connectivity index (χ3n) is 3.34. The first kappa shape index (κ1) is 12.5. The highest BCUT2D eigenvalue weighted by Gasteiger charge is 2.22. The maximum Gasteiger partial charge on any atom is 0.0948 e. The molecule has 0 amide bonds. The van der Waals surface area contributed by atoms with E-state index in [1.165, 1.54) is 5.69 Å². The van der Waals surface area contributed by atoms with Gasteiger partial charge in [-0.3, -0.25) is 0 Å². The predicted molar refractivity (Wildman–Crippen MR) is 67.2 cm³/mol. The Balaban J connectivity index is 1.80. The quantitative estimate of drug-likeness (QED) is 0.734. The van der Waals surface area contributed by atoms with Crippen LogP contribution in [0.5, 0.6) is 0 Å². The number of likely N-dealkylation sites (N-methyl/N-ethyl adjacent to an activating group) is 1. The predicted octanol–water partition coefficient (Wildman–Crippen LogP) is 0.148. The molecule has 1 fully saturated rings. The van der Waals surface area contributed by atoms with E-state index in [1.54, 1.807) is 7.11 Å². The third kappa shape index (κ3) is 3.28. The summed E-state index contributed by atoms with van der Waals surface area (Å²) in [7, 11) is 3.87. The normalized spacial score (nSPS) is 16.4. The number of methoxy groups -OCH3 is 1. The fourth-order valence-corrected chi connectivity index (χ4v) is 1.99. The van der Waals surface area contributed by atoms with Crippen LogP contribution in [0.15, 0.2) is 12.5 Å². The molecule has 0 aliphatic carbocycles. The molecule has 0 radical (unpaired) electrons. The number of nitrogens with one attached hydrogen (secondary N) is 1. The average Bonchev–Trinajstić information content (AvgIpc) is 2.69. The molecular formula is C12H22N4O. The van der Waals surface area contributed by atoms with E-state index >= 15 is 0 Å². The van der Waals surface area contributed by atoms with Crippen molar-refractivity contribution in [2.24, 2.45) is 0 Å². The van der Waals surface area contributed by atoms with Crippen molar-refractivity contribution < 1.29 is 4.74 Å². The molecule has 96 valence electrons. The molecule has 5 nitrogen and oxygen atoms in total. The molecule has 2 rings (SSSR count). The van der Waals surface area contributed by atoms with Crippen LogP contribution >= 0.6 is 0 Å². The Kier molecular flexibility index (Phi) is 4.53. The molecule has 17 heavy (non-hydrogen) atoms. The molecule has 0 unspecified atom stereocenters. The maximum absolute atomic E-state index is 5.07. The summed E-state index contributed by atoms with van der Waals surface area (Å²) in [6.07, 6.45) is 3.94. The summed E-state index contributed by atoms with van der Waals surface area (Å²) in [5, 5.41) is 3.30. The first-order valence-corrected chi connectivity index (χ1v) is 6.19. The van der Waals surface area contributed by atoms with Gasteiger partial charge in [0, 0.05) is 57.6 Å². The molecule has 2 heterocycles. The Morgan fingerprint density at radius 1 is 1.53 bits per heavy atom. The number of ether oxygens (including phenoxy) is 1. The maximum atomic E-state index is 5.07. The van der Waals surface area contributed by atoms with Gasteiger partial charge in [0.25, 0.3) is 0 Å². The summed E-state index contributed by atoms with van der Waals surface area (Å²) >= 11 is 0. The van der Waals surface area contributed by atoms with E-state index in [9.17, 15) is 0 Å². The monoisotopic (exact) mass is 238 g/mol. The first-order chi connectivity index (χ1) is 8.31. The molecule has 1 aromatic heterocycles. The molecule has 1 N–H and O–H groups in total. The highest BCUT2D eigenvalue weighted by Crippen LogP contribution is 2.18. The highest BCUT2D eigenvalue weighted by molar-refractivity contribution is 5.11. The molecule has 1 saturated heterocycles. The van der Waals surface area contributed by atoms with Crippen molar-refractivity contribution in [2.45, 2.75) is 12.5 Å². The van der Waals surface area contributed by atoms with Crippen molar-refractivity contribution in [2.75, 3.05) is 46.9 Å². The van der Waals surface area contributed by atoms with Crippen LogP contribution in [0.1, 0.15) is 11.6 Å². The van der Waals surface area contributed by atoms with Crippen molar-refractivity contribution in [1.82, 2.24) is 19.8 Å². The molecule has 1 aromatic rings. The number of aromatic nitrogens is 2. The Bertz CT molecular complexity index is 335. The van der Waals surface area contributed by atoms with Gasteiger partial charge < -0.3 is 19.5 Å². The van der Waals surface area contributed by atoms with Gasteiger partial charge in [-0.2, -0.15) is 0 Å². The Morgan fingerprint density at radius 2 is 2.35 bits per heavy atom. The summed E-state index contributed by atoms with van der Waals surface area (Å²) in [5.74, 6) is 0.654. The molecule has 0 spiro atoms. The van der Waals surface area contributed by atoms with Crippen molar-refractivity contribution in [3.05, 3.63) is 18.2 Å². The molecular weight excluding hydrogens is 216 g/mol. The van der Waals surface area contributed by atoms with Gasteiger partial charge in [-0.1, -0.05) is 0 Å². The second-order valence-electron chi connectivity index (χ2n) is 4.66. The van der Waals surface area contributed by atoms with Crippen LogP contribution in [-0.2, 0) is 11.3 Å². The first-order valence-electron chi connectivity index (χ1n) is 6.19. The Labute approximate surface area is 103 Å². The minimum Gasteiger partial charge on any atom is -0.383 e. The lowest BCUT2D eigenvalue weighted by Gasteiger charge is -2.28. The average molecular weight is 238 g/mol. The van der Waals surface area contributed by atoms with Crippen molar-refractivity contribution in [3.63, 3.8) is 0 Å². The number of hydrogen-bond acceptors (Lipinski definition) is 4. The van der Waals surface area contributed by atoms with E-state index in [0.29, 0.717) is 5.92 Å². The van der Waals surface area contributed by atoms with Gasteiger partial charge in [-0.05, 0) is 7.05 Å². The molecule has 0 bridgehead atoms. The lowest BCUT2D eigenvalue weighted by Crippen LogP contribution is -2.41. The van der Waals surface area contributed by atoms with Gasteiger partial charge in [-0.25, -0.2) is 4.98 Å². The summed E-state index contributed by atoms with van der Waals surface area (Å²) in [6.45, 7) is 5.99. The van der Waals surface area contributed by atoms with Gasteiger partial charge in [0.05, 0.1) is 12.9 Å². The van der Waals surface area contributed by atoms with Crippen LogP contribution in [0.25, 0.3) is 0 Å². The van der Waals surface area contributed by atoms with E-state index in [-0.39, 0.29) is 0 Å². The zero-order valence-electron chi connectivity index (χ0n) is 10.7. The second-order valence-corrected chi connectivity index (χ2v) is 4.66. The van der Waals surface area contributed by atoms with Gasteiger partial charge in [0.15, 0.2) is 0 Å². The van der Waals surface area contributed by atoms with E-state index in [4.69, 9.17) is 4.74 Å². The number of hydrogen-bond donors (Lipinski definition) is 1. The molecule has 1 aliphatic heterocycles. The fraction of sp³-hybridized carbons (Fsp3) is 0.750. The van der Waals surface area contributed by atoms with Crippen molar-refractivity contribution in [3.8, 4) is 0 Å². The second kappa shape index (κ2) is 6.14. The van der Waals surface area contributed by atoms with Gasteiger partial charge in [0.1, 0.15) is 0 Å². The SMILES string of the molecule is COCCN(C)CCn1cncc1C1CNC1. The number of nitrogens with zero attached hydrogens (tertiary/aromatic N) is 3. The molecule has 0 atom stereocenters. The lowest BCUT2D eigenvalue weighted by molar-refractivity contribution is 0.159. The standard InChI is InChI=1S/C12H22N4O/c1-15(5-6-17-2)3-4-16-10-14-9-12(16)11-7-13-8-11/h9-11,13H,3-8H2,1-2H3. The number of imidazole rings is 1. The van der Waals surface area contributed by atoms with Crippen LogP contribution in [-0.4, -0.2) is 61.4 Å². The minimum absolute atomic E-state index is 0.654. The van der Waals surface area contributed by atoms with E-state index < -0.39 is 0 Å². The Morgan fingerprint density at radius 3 is 3.00 bits per heavy atom. The third-order valence-corrected chi connectivity index (χ3v) is 3.34. The van der Waals surface area contributed by atoms with Crippen LogP contribution in [0, 0.1) is 0 Å². The van der Waals surface area contributed by atoms with Crippen molar-refractivity contribution in [1.29, 1.82) is 0 Å². The summed E-state index contributed by atoms with van der Waals surface area (Å²) in [5.41, 5.74) is 1.36. The fourth-order valence-electron chi connectivity index (χ4n) is 1.99. The highest BCUT2D eigenvalue weighted by atomic mass is 16.5. The molecule has 5 heteroatoms. The topological polar surface area (TPSA) is 42.3 Å². The van der Waals surface area contributed by atoms with E-state index in [0.717, 1.165) is 39.3 Å². The molecule has 0 aromatic carbocycles. The number of rotatable bonds is 7. The molecule has 0 saturated carbocycles. The van der Waals surface area contributed by atoms with Crippen LogP contribution in [0.4, 0.5) is 0 Å². The minimum atomic E-state index is 0.654. The van der Waals surface area contributed by atoms with Crippen LogP contribution in [0.2, 0.25) is 0 Å². The zero-order valence-corrected chi connectivity index (χ0v) is 10.7. The van der Waals surface area contributed by atoms with E-state index in [2.05, 4.69) is 26.8 Å². The van der Waals surface area contributed by atoms with E-state index in [1.807, 2.05) is 12.5 Å². The Hall–Kier alpha value is -0.910. The van der Waals surface area contributed by atoms with Crippen molar-refractivity contribution >= 4 is 0 Å². The van der Waals surface area contributed by atoms with Gasteiger partial charge in [-0.15, -0.1) is 0 Å². The summed E-state index contributed by atoms with van der Waals surface area (Å²) in [4.78, 5) is 6.54. The molecule has 1 aliphatic rings. The van der Waals surface area contributed by atoms with Gasteiger partial charge >= 0.3 is 0 Å². The summed E-state index contributed by atoms with van der Waals surface area (Å²) in [6, 6.07) is 0.